The molecule has 6 nitrogen and oxygen atoms in total. The molecule has 4 atom stereocenters. The van der Waals surface area contributed by atoms with E-state index in [1.165, 1.54) is 56.0 Å². The molecule has 1 aromatic heterocycles. The van der Waals surface area contributed by atoms with E-state index >= 15 is 0 Å². The van der Waals surface area contributed by atoms with Crippen molar-refractivity contribution in [2.75, 3.05) is 18.8 Å². The van der Waals surface area contributed by atoms with E-state index in [2.05, 4.69) is 48.1 Å². The lowest BCUT2D eigenvalue weighted by molar-refractivity contribution is -0.120. The van der Waals surface area contributed by atoms with Crippen molar-refractivity contribution in [3.63, 3.8) is 0 Å². The highest BCUT2D eigenvalue weighted by molar-refractivity contribution is 7.99. The molecule has 190 valence electrons. The zero-order chi connectivity index (χ0) is 24.8. The van der Waals surface area contributed by atoms with Crippen LogP contribution < -0.4 is 5.32 Å². The first-order valence-electron chi connectivity index (χ1n) is 13.1. The number of hydrogen-bond acceptors (Lipinski definition) is 5. The van der Waals surface area contributed by atoms with Gasteiger partial charge in [0.25, 0.3) is 0 Å². The first kappa shape index (κ1) is 24.8. The van der Waals surface area contributed by atoms with Gasteiger partial charge in [-0.05, 0) is 93.1 Å². The molecule has 2 aromatic rings. The number of amides is 1. The summed E-state index contributed by atoms with van der Waals surface area (Å²) in [5.41, 5.74) is 1.24. The van der Waals surface area contributed by atoms with Gasteiger partial charge in [-0.3, -0.25) is 14.3 Å². The second kappa shape index (κ2) is 9.51. The quantitative estimate of drug-likeness (QED) is 0.519. The molecule has 2 heterocycles. The lowest BCUT2D eigenvalue weighted by Crippen LogP contribution is -2.47. The molecule has 2 saturated carbocycles. The van der Waals surface area contributed by atoms with Gasteiger partial charge in [-0.2, -0.15) is 0 Å². The molecular formula is C27H38FN5OS. The molecular weight excluding hydrogens is 461 g/mol. The smallest absolute Gasteiger partial charge is 0.230 e. The van der Waals surface area contributed by atoms with E-state index in [1.54, 1.807) is 12.1 Å². The van der Waals surface area contributed by atoms with E-state index in [-0.39, 0.29) is 40.4 Å². The molecule has 2 bridgehead atoms. The van der Waals surface area contributed by atoms with Crippen molar-refractivity contribution in [2.24, 2.45) is 16.7 Å². The zero-order valence-electron chi connectivity index (χ0n) is 21.4. The van der Waals surface area contributed by atoms with Gasteiger partial charge in [0.2, 0.25) is 5.91 Å². The average molecular weight is 500 g/mol. The van der Waals surface area contributed by atoms with Gasteiger partial charge in [-0.15, -0.1) is 10.2 Å². The highest BCUT2D eigenvalue weighted by Gasteiger charge is 2.61. The van der Waals surface area contributed by atoms with Crippen molar-refractivity contribution in [2.45, 2.75) is 83.5 Å². The Kier molecular flexibility index (Phi) is 6.72. The summed E-state index contributed by atoms with van der Waals surface area (Å²) in [6.07, 6.45) is 7.16. The summed E-state index contributed by atoms with van der Waals surface area (Å²) in [6.45, 7) is 11.3. The van der Waals surface area contributed by atoms with Crippen LogP contribution >= 0.6 is 11.8 Å². The summed E-state index contributed by atoms with van der Waals surface area (Å²) in [4.78, 5) is 15.5. The molecule has 35 heavy (non-hydrogen) atoms. The molecule has 2 aliphatic carbocycles. The number of nitrogens with one attached hydrogen (secondary N) is 1. The molecule has 1 N–H and O–H groups in total. The molecule has 1 aliphatic heterocycles. The van der Waals surface area contributed by atoms with Crippen LogP contribution in [-0.4, -0.2) is 50.5 Å². The topological polar surface area (TPSA) is 63.1 Å². The predicted molar refractivity (Wildman–Crippen MR) is 137 cm³/mol. The summed E-state index contributed by atoms with van der Waals surface area (Å²) in [5.74, 6) is 1.58. The molecule has 5 rings (SSSR count). The molecule has 3 fully saturated rings. The van der Waals surface area contributed by atoms with Crippen LogP contribution in [0.3, 0.4) is 0 Å². The number of benzene rings is 1. The molecule has 4 unspecified atom stereocenters. The second-order valence-electron chi connectivity index (χ2n) is 11.4. The van der Waals surface area contributed by atoms with E-state index in [9.17, 15) is 9.18 Å². The Balaban J connectivity index is 1.32. The van der Waals surface area contributed by atoms with Crippen LogP contribution in [-0.2, 0) is 4.79 Å². The fourth-order valence-electron chi connectivity index (χ4n) is 6.74. The third-order valence-corrected chi connectivity index (χ3v) is 10.4. The van der Waals surface area contributed by atoms with E-state index < -0.39 is 0 Å². The minimum atomic E-state index is -0.275. The van der Waals surface area contributed by atoms with Crippen molar-refractivity contribution in [1.29, 1.82) is 0 Å². The predicted octanol–water partition coefficient (Wildman–Crippen LogP) is 5.38. The Labute approximate surface area is 212 Å². The van der Waals surface area contributed by atoms with E-state index in [4.69, 9.17) is 0 Å². The number of thioether (sulfide) groups is 1. The van der Waals surface area contributed by atoms with Crippen molar-refractivity contribution < 1.29 is 9.18 Å². The SMILES string of the molecule is CC(c1nnc(SCC(=O)NC2CC3CCC2(C)C3(C)C)n1-c1ccc(F)cc1)N1CCCCC1. The molecule has 1 amide bonds. The van der Waals surface area contributed by atoms with Crippen LogP contribution in [0.1, 0.15) is 78.1 Å². The van der Waals surface area contributed by atoms with Gasteiger partial charge in [0.05, 0.1) is 11.8 Å². The van der Waals surface area contributed by atoms with Gasteiger partial charge < -0.3 is 5.32 Å². The van der Waals surface area contributed by atoms with Crippen LogP contribution in [0.25, 0.3) is 5.69 Å². The number of nitrogens with zero attached hydrogens (tertiary/aromatic N) is 4. The lowest BCUT2D eigenvalue weighted by atomic mass is 9.69. The monoisotopic (exact) mass is 499 g/mol. The highest BCUT2D eigenvalue weighted by atomic mass is 32.2. The van der Waals surface area contributed by atoms with Crippen LogP contribution in [0.4, 0.5) is 4.39 Å². The minimum Gasteiger partial charge on any atom is -0.352 e. The van der Waals surface area contributed by atoms with Gasteiger partial charge in [0.1, 0.15) is 5.82 Å². The number of piperidine rings is 1. The van der Waals surface area contributed by atoms with Crippen molar-refractivity contribution in [3.8, 4) is 5.69 Å². The zero-order valence-corrected chi connectivity index (χ0v) is 22.2. The summed E-state index contributed by atoms with van der Waals surface area (Å²) < 4.78 is 15.7. The van der Waals surface area contributed by atoms with Crippen molar-refractivity contribution in [1.82, 2.24) is 25.0 Å². The summed E-state index contributed by atoms with van der Waals surface area (Å²) in [7, 11) is 0. The molecule has 3 aliphatic rings. The Bertz CT molecular complexity index is 1060. The summed E-state index contributed by atoms with van der Waals surface area (Å²) in [5, 5.41) is 13.1. The maximum atomic E-state index is 13.7. The maximum Gasteiger partial charge on any atom is 0.230 e. The van der Waals surface area contributed by atoms with Gasteiger partial charge in [-0.25, -0.2) is 4.39 Å². The summed E-state index contributed by atoms with van der Waals surface area (Å²) >= 11 is 1.41. The van der Waals surface area contributed by atoms with Gasteiger partial charge in [0, 0.05) is 11.7 Å². The van der Waals surface area contributed by atoms with Crippen LogP contribution in [0.2, 0.25) is 0 Å². The van der Waals surface area contributed by atoms with Crippen LogP contribution in [0.15, 0.2) is 29.4 Å². The molecule has 0 radical (unpaired) electrons. The molecule has 1 aromatic carbocycles. The van der Waals surface area contributed by atoms with Crippen molar-refractivity contribution >= 4 is 17.7 Å². The number of hydrogen-bond donors (Lipinski definition) is 1. The maximum absolute atomic E-state index is 13.7. The third-order valence-electron chi connectivity index (χ3n) is 9.52. The normalized spacial score (nSPS) is 28.8. The standard InChI is InChI=1S/C27H38FN5OS/c1-18(32-14-6-5-7-15-32)24-30-31-25(33(24)21-10-8-20(28)9-11-21)35-17-23(34)29-22-16-19-12-13-27(22,4)26(19,2)3/h8-11,18-19,22H,5-7,12-17H2,1-4H3,(H,29,34). The number of carbonyl (C=O) groups excluding carboxylic acids is 1. The van der Waals surface area contributed by atoms with Gasteiger partial charge in [0.15, 0.2) is 11.0 Å². The Morgan fingerprint density at radius 3 is 2.51 bits per heavy atom. The summed E-state index contributed by atoms with van der Waals surface area (Å²) in [6, 6.07) is 6.76. The lowest BCUT2D eigenvalue weighted by Gasteiger charge is -2.39. The first-order valence-corrected chi connectivity index (χ1v) is 14.1. The minimum absolute atomic E-state index is 0.0452. The molecule has 1 saturated heterocycles. The van der Waals surface area contributed by atoms with Gasteiger partial charge in [-0.1, -0.05) is 39.0 Å². The largest absolute Gasteiger partial charge is 0.352 e. The van der Waals surface area contributed by atoms with Crippen LogP contribution in [0.5, 0.6) is 0 Å². The number of halogens is 1. The fraction of sp³-hybridized carbons (Fsp3) is 0.667. The number of fused-ring (bicyclic) bond motifs is 2. The number of rotatable bonds is 7. The van der Waals surface area contributed by atoms with Gasteiger partial charge >= 0.3 is 0 Å². The van der Waals surface area contributed by atoms with E-state index in [0.29, 0.717) is 11.1 Å². The van der Waals surface area contributed by atoms with E-state index in [1.807, 2.05) is 4.57 Å². The van der Waals surface area contributed by atoms with Crippen molar-refractivity contribution in [3.05, 3.63) is 35.9 Å². The highest BCUT2D eigenvalue weighted by Crippen LogP contribution is 2.65. The first-order chi connectivity index (χ1) is 16.7. The second-order valence-corrected chi connectivity index (χ2v) is 12.4. The molecule has 8 heteroatoms. The van der Waals surface area contributed by atoms with E-state index in [0.717, 1.165) is 31.0 Å². The molecule has 0 spiro atoms. The fourth-order valence-corrected chi connectivity index (χ4v) is 7.51. The Morgan fingerprint density at radius 1 is 1.17 bits per heavy atom. The number of carbonyl (C=O) groups is 1. The Hall–Kier alpha value is -1.93. The number of aromatic nitrogens is 3. The van der Waals surface area contributed by atoms with Crippen LogP contribution in [0, 0.1) is 22.6 Å². The number of likely N-dealkylation sites (tertiary alicyclic amines) is 1. The average Bonchev–Trinajstić information content (AvgIpc) is 3.43. The Morgan fingerprint density at radius 2 is 1.89 bits per heavy atom. The third kappa shape index (κ3) is 4.41.